The molecule has 166 valence electrons. The molecule has 0 unspecified atom stereocenters. The van der Waals surface area contributed by atoms with Crippen LogP contribution in [0.2, 0.25) is 0 Å². The number of fused-ring (bicyclic) bond motifs is 7. The van der Waals surface area contributed by atoms with Crippen molar-refractivity contribution in [2.75, 3.05) is 10.6 Å². The van der Waals surface area contributed by atoms with Gasteiger partial charge in [-0.3, -0.25) is 0 Å². The molecule has 0 saturated heterocycles. The van der Waals surface area contributed by atoms with Gasteiger partial charge in [-0.25, -0.2) is 0 Å². The van der Waals surface area contributed by atoms with Crippen LogP contribution in [-0.2, 0) is 0 Å². The van der Waals surface area contributed by atoms with E-state index in [0.29, 0.717) is 0 Å². The first kappa shape index (κ1) is 18.7. The second-order valence-electron chi connectivity index (χ2n) is 9.15. The SMILES string of the molecule is c1ccc2c(c1)NC(c1ccc(-c3ccc4oc5cc6c(cc5c4c3)oc3ccccc36)cc1)N2. The molecule has 0 radical (unpaired) electrons. The summed E-state index contributed by atoms with van der Waals surface area (Å²) in [5, 5.41) is 11.4. The highest BCUT2D eigenvalue weighted by Gasteiger charge is 2.20. The molecule has 1 aliphatic heterocycles. The monoisotopic (exact) mass is 452 g/mol. The number of benzene rings is 5. The summed E-state index contributed by atoms with van der Waals surface area (Å²) >= 11 is 0. The van der Waals surface area contributed by atoms with E-state index >= 15 is 0 Å². The van der Waals surface area contributed by atoms with Gasteiger partial charge in [-0.15, -0.1) is 0 Å². The smallest absolute Gasteiger partial charge is 0.136 e. The molecule has 0 amide bonds. The molecular weight excluding hydrogens is 432 g/mol. The van der Waals surface area contributed by atoms with Crippen LogP contribution in [0.4, 0.5) is 11.4 Å². The molecule has 0 bridgehead atoms. The number of anilines is 2. The molecule has 0 spiro atoms. The molecule has 0 aliphatic carbocycles. The molecule has 7 aromatic rings. The third-order valence-electron chi connectivity index (χ3n) is 7.07. The van der Waals surface area contributed by atoms with Crippen LogP contribution in [0.3, 0.4) is 0 Å². The van der Waals surface area contributed by atoms with Gasteiger partial charge in [0.25, 0.3) is 0 Å². The summed E-state index contributed by atoms with van der Waals surface area (Å²) in [6, 6.07) is 35.8. The van der Waals surface area contributed by atoms with Crippen molar-refractivity contribution in [3.05, 3.63) is 109 Å². The fraction of sp³-hybridized carbons (Fsp3) is 0.0323. The topological polar surface area (TPSA) is 50.3 Å². The molecule has 5 aromatic carbocycles. The van der Waals surface area contributed by atoms with E-state index in [2.05, 4.69) is 83.4 Å². The summed E-state index contributed by atoms with van der Waals surface area (Å²) in [6.07, 6.45) is 0.0768. The van der Waals surface area contributed by atoms with Crippen molar-refractivity contribution in [2.24, 2.45) is 0 Å². The Bertz CT molecular complexity index is 1890. The second kappa shape index (κ2) is 6.90. The third kappa shape index (κ3) is 2.80. The van der Waals surface area contributed by atoms with Crippen LogP contribution in [0, 0.1) is 0 Å². The maximum atomic E-state index is 6.23. The predicted octanol–water partition coefficient (Wildman–Crippen LogP) is 8.69. The molecule has 0 atom stereocenters. The Hall–Kier alpha value is -4.70. The van der Waals surface area contributed by atoms with Gasteiger partial charge >= 0.3 is 0 Å². The third-order valence-corrected chi connectivity index (χ3v) is 7.07. The van der Waals surface area contributed by atoms with Gasteiger partial charge in [0.1, 0.15) is 28.5 Å². The van der Waals surface area contributed by atoms with Crippen molar-refractivity contribution in [1.29, 1.82) is 0 Å². The van der Waals surface area contributed by atoms with Crippen molar-refractivity contribution in [3.8, 4) is 11.1 Å². The first-order valence-corrected chi connectivity index (χ1v) is 11.8. The summed E-state index contributed by atoms with van der Waals surface area (Å²) in [4.78, 5) is 0. The normalized spacial score (nSPS) is 13.5. The molecule has 0 saturated carbocycles. The summed E-state index contributed by atoms with van der Waals surface area (Å²) in [6.45, 7) is 0. The molecule has 2 N–H and O–H groups in total. The maximum Gasteiger partial charge on any atom is 0.136 e. The van der Waals surface area contributed by atoms with E-state index in [-0.39, 0.29) is 6.17 Å². The van der Waals surface area contributed by atoms with Gasteiger partial charge in [0.05, 0.1) is 11.4 Å². The number of hydrogen-bond donors (Lipinski definition) is 2. The van der Waals surface area contributed by atoms with E-state index in [4.69, 9.17) is 8.83 Å². The summed E-state index contributed by atoms with van der Waals surface area (Å²) in [5.41, 5.74) is 9.35. The van der Waals surface area contributed by atoms with Crippen molar-refractivity contribution < 1.29 is 8.83 Å². The van der Waals surface area contributed by atoms with E-state index in [1.807, 2.05) is 30.3 Å². The lowest BCUT2D eigenvalue weighted by Gasteiger charge is -2.13. The highest BCUT2D eigenvalue weighted by molar-refractivity contribution is 6.15. The zero-order chi connectivity index (χ0) is 22.9. The fourth-order valence-corrected chi connectivity index (χ4v) is 5.29. The molecule has 0 fully saturated rings. The minimum Gasteiger partial charge on any atom is -0.456 e. The number of hydrogen-bond acceptors (Lipinski definition) is 4. The van der Waals surface area contributed by atoms with Crippen LogP contribution in [0.5, 0.6) is 0 Å². The average Bonchev–Trinajstić information content (AvgIpc) is 3.60. The minimum atomic E-state index is 0.0768. The van der Waals surface area contributed by atoms with Crippen molar-refractivity contribution in [2.45, 2.75) is 6.17 Å². The molecule has 35 heavy (non-hydrogen) atoms. The van der Waals surface area contributed by atoms with Crippen LogP contribution >= 0.6 is 0 Å². The molecular formula is C31H20N2O2. The largest absolute Gasteiger partial charge is 0.456 e. The van der Waals surface area contributed by atoms with Gasteiger partial charge in [0, 0.05) is 21.5 Å². The lowest BCUT2D eigenvalue weighted by Crippen LogP contribution is -2.11. The van der Waals surface area contributed by atoms with Gasteiger partial charge in [-0.05, 0) is 59.2 Å². The van der Waals surface area contributed by atoms with E-state index in [1.165, 1.54) is 11.1 Å². The standard InChI is InChI=1S/C31H20N2O2/c1-4-8-27-21(5-1)23-16-30-24(17-29(23)34-27)22-15-20(13-14-28(22)35-30)18-9-11-19(12-10-18)31-32-25-6-2-3-7-26(25)33-31/h1-17,31-33H. The van der Waals surface area contributed by atoms with Gasteiger partial charge in [0.2, 0.25) is 0 Å². The van der Waals surface area contributed by atoms with Crippen molar-refractivity contribution in [3.63, 3.8) is 0 Å². The number of para-hydroxylation sites is 3. The quantitative estimate of drug-likeness (QED) is 0.275. The van der Waals surface area contributed by atoms with Gasteiger partial charge in [-0.1, -0.05) is 60.7 Å². The van der Waals surface area contributed by atoms with Gasteiger partial charge in [-0.2, -0.15) is 0 Å². The molecule has 3 heterocycles. The van der Waals surface area contributed by atoms with Crippen LogP contribution in [-0.4, -0.2) is 0 Å². The molecule has 1 aliphatic rings. The highest BCUT2D eigenvalue weighted by Crippen LogP contribution is 2.39. The Labute approximate surface area is 200 Å². The Morgan fingerprint density at radius 1 is 0.457 bits per heavy atom. The average molecular weight is 453 g/mol. The Balaban J connectivity index is 1.19. The van der Waals surface area contributed by atoms with Crippen LogP contribution < -0.4 is 10.6 Å². The number of nitrogens with one attached hydrogen (secondary N) is 2. The summed E-state index contributed by atoms with van der Waals surface area (Å²) in [5.74, 6) is 0. The number of furan rings is 2. The van der Waals surface area contributed by atoms with E-state index in [1.54, 1.807) is 0 Å². The van der Waals surface area contributed by atoms with Crippen LogP contribution in [0.1, 0.15) is 11.7 Å². The Morgan fingerprint density at radius 2 is 1.03 bits per heavy atom. The van der Waals surface area contributed by atoms with Crippen LogP contribution in [0.15, 0.2) is 112 Å². The first-order chi connectivity index (χ1) is 17.3. The highest BCUT2D eigenvalue weighted by atomic mass is 16.3. The molecule has 2 aromatic heterocycles. The first-order valence-electron chi connectivity index (χ1n) is 11.8. The lowest BCUT2D eigenvalue weighted by molar-refractivity contribution is 0.664. The van der Waals surface area contributed by atoms with E-state index in [9.17, 15) is 0 Å². The van der Waals surface area contributed by atoms with Gasteiger partial charge in [0.15, 0.2) is 0 Å². The second-order valence-corrected chi connectivity index (χ2v) is 9.15. The summed E-state index contributed by atoms with van der Waals surface area (Å²) < 4.78 is 12.4. The van der Waals surface area contributed by atoms with Crippen LogP contribution in [0.25, 0.3) is 55.0 Å². The lowest BCUT2D eigenvalue weighted by atomic mass is 10.0. The van der Waals surface area contributed by atoms with Crippen molar-refractivity contribution >= 4 is 55.3 Å². The maximum absolute atomic E-state index is 6.23. The van der Waals surface area contributed by atoms with E-state index < -0.39 is 0 Å². The molecule has 8 rings (SSSR count). The fourth-order valence-electron chi connectivity index (χ4n) is 5.29. The molecule has 4 nitrogen and oxygen atoms in total. The van der Waals surface area contributed by atoms with E-state index in [0.717, 1.165) is 60.8 Å². The Kier molecular flexibility index (Phi) is 3.69. The van der Waals surface area contributed by atoms with Gasteiger partial charge < -0.3 is 19.5 Å². The van der Waals surface area contributed by atoms with Crippen molar-refractivity contribution in [1.82, 2.24) is 0 Å². The Morgan fingerprint density at radius 3 is 1.77 bits per heavy atom. The molecule has 4 heteroatoms. The zero-order valence-corrected chi connectivity index (χ0v) is 18.7. The summed E-state index contributed by atoms with van der Waals surface area (Å²) in [7, 11) is 0. The number of rotatable bonds is 2. The zero-order valence-electron chi connectivity index (χ0n) is 18.7. The minimum absolute atomic E-state index is 0.0768. The predicted molar refractivity (Wildman–Crippen MR) is 143 cm³/mol.